The summed E-state index contributed by atoms with van der Waals surface area (Å²) in [7, 11) is 0. The van der Waals surface area contributed by atoms with Gasteiger partial charge in [-0.1, -0.05) is 0 Å². The molecule has 2 heterocycles. The van der Waals surface area contributed by atoms with E-state index in [-0.39, 0.29) is 12.1 Å². The average Bonchev–Trinajstić information content (AvgIpc) is 2.81. The van der Waals surface area contributed by atoms with Gasteiger partial charge in [0.2, 0.25) is 0 Å². The highest BCUT2D eigenvalue weighted by Gasteiger charge is 2.13. The van der Waals surface area contributed by atoms with E-state index in [2.05, 4.69) is 20.4 Å². The number of aromatic amines is 1. The van der Waals surface area contributed by atoms with Gasteiger partial charge in [-0.25, -0.2) is 0 Å². The lowest BCUT2D eigenvalue weighted by molar-refractivity contribution is 0.241. The first-order chi connectivity index (χ1) is 8.16. The van der Waals surface area contributed by atoms with E-state index in [0.717, 1.165) is 5.56 Å². The smallest absolute Gasteiger partial charge is 0.138 e. The molecular weight excluding hydrogens is 218 g/mol. The molecule has 90 valence electrons. The van der Waals surface area contributed by atoms with E-state index < -0.39 is 0 Å². The third-order valence-electron chi connectivity index (χ3n) is 2.22. The number of ether oxygens (including phenoxy) is 1. The Morgan fingerprint density at radius 2 is 2.12 bits per heavy atom. The van der Waals surface area contributed by atoms with Crippen LogP contribution in [0.3, 0.4) is 0 Å². The van der Waals surface area contributed by atoms with Crippen LogP contribution < -0.4 is 10.5 Å². The molecule has 0 aliphatic carbocycles. The normalized spacial score (nSPS) is 12.7. The molecule has 0 amide bonds. The predicted molar refractivity (Wildman–Crippen MR) is 62.4 cm³/mol. The number of rotatable bonds is 4. The van der Waals surface area contributed by atoms with Gasteiger partial charge < -0.3 is 10.5 Å². The molecular formula is C11H15N5O. The van der Waals surface area contributed by atoms with E-state index in [1.165, 1.54) is 0 Å². The number of hydrogen-bond acceptors (Lipinski definition) is 5. The van der Waals surface area contributed by atoms with E-state index in [1.54, 1.807) is 18.6 Å². The van der Waals surface area contributed by atoms with Crippen LogP contribution in [-0.2, 0) is 0 Å². The third kappa shape index (κ3) is 2.79. The molecule has 0 aliphatic heterocycles. The van der Waals surface area contributed by atoms with Gasteiger partial charge in [0.1, 0.15) is 11.4 Å². The van der Waals surface area contributed by atoms with Crippen LogP contribution in [0.4, 0.5) is 0 Å². The van der Waals surface area contributed by atoms with Crippen LogP contribution in [0.1, 0.15) is 31.1 Å². The Morgan fingerprint density at radius 3 is 2.76 bits per heavy atom. The lowest BCUT2D eigenvalue weighted by atomic mass is 10.1. The van der Waals surface area contributed by atoms with Crippen molar-refractivity contribution in [2.75, 3.05) is 0 Å². The summed E-state index contributed by atoms with van der Waals surface area (Å²) in [6.07, 6.45) is 5.07. The van der Waals surface area contributed by atoms with Crippen LogP contribution in [0.25, 0.3) is 0 Å². The van der Waals surface area contributed by atoms with E-state index >= 15 is 0 Å². The first-order valence-corrected chi connectivity index (χ1v) is 5.39. The second-order valence-corrected chi connectivity index (χ2v) is 3.99. The Morgan fingerprint density at radius 1 is 1.29 bits per heavy atom. The molecule has 3 N–H and O–H groups in total. The molecule has 1 atom stereocenters. The van der Waals surface area contributed by atoms with Gasteiger partial charge in [0.25, 0.3) is 0 Å². The Labute approximate surface area is 99.2 Å². The quantitative estimate of drug-likeness (QED) is 0.823. The Kier molecular flexibility index (Phi) is 3.34. The Balaban J connectivity index is 2.21. The van der Waals surface area contributed by atoms with Crippen molar-refractivity contribution in [3.8, 4) is 5.75 Å². The zero-order valence-electron chi connectivity index (χ0n) is 9.79. The summed E-state index contributed by atoms with van der Waals surface area (Å²) in [4.78, 5) is 4.11. The second kappa shape index (κ2) is 4.92. The van der Waals surface area contributed by atoms with Crippen LogP contribution in [0.5, 0.6) is 5.75 Å². The molecule has 0 fully saturated rings. The van der Waals surface area contributed by atoms with Crippen LogP contribution in [0, 0.1) is 0 Å². The van der Waals surface area contributed by atoms with E-state index in [0.29, 0.717) is 11.4 Å². The topological polar surface area (TPSA) is 89.7 Å². The van der Waals surface area contributed by atoms with Gasteiger partial charge in [0, 0.05) is 6.20 Å². The number of nitrogens with two attached hydrogens (primary N) is 1. The maximum atomic E-state index is 6.04. The molecule has 0 aromatic carbocycles. The number of hydrogen-bond donors (Lipinski definition) is 2. The molecule has 2 aromatic heterocycles. The summed E-state index contributed by atoms with van der Waals surface area (Å²) < 4.78 is 5.56. The first kappa shape index (κ1) is 11.5. The van der Waals surface area contributed by atoms with Crippen LogP contribution in [-0.4, -0.2) is 26.5 Å². The number of aromatic nitrogens is 4. The molecule has 2 rings (SSSR count). The van der Waals surface area contributed by atoms with E-state index in [1.807, 2.05) is 19.9 Å². The summed E-state index contributed by atoms with van der Waals surface area (Å²) >= 11 is 0. The molecule has 0 saturated heterocycles. The predicted octanol–water partition coefficient (Wildman–Crippen LogP) is 1.03. The van der Waals surface area contributed by atoms with Gasteiger partial charge in [-0.15, -0.1) is 0 Å². The molecule has 2 aromatic rings. The van der Waals surface area contributed by atoms with Gasteiger partial charge in [0.15, 0.2) is 0 Å². The minimum Gasteiger partial charge on any atom is -0.489 e. The van der Waals surface area contributed by atoms with Crippen LogP contribution in [0.15, 0.2) is 24.7 Å². The average molecular weight is 233 g/mol. The fourth-order valence-corrected chi connectivity index (χ4v) is 1.47. The molecule has 0 saturated carbocycles. The van der Waals surface area contributed by atoms with Gasteiger partial charge in [-0.05, 0) is 25.5 Å². The lowest BCUT2D eigenvalue weighted by Crippen LogP contribution is -2.13. The van der Waals surface area contributed by atoms with Crippen molar-refractivity contribution in [2.24, 2.45) is 5.73 Å². The van der Waals surface area contributed by atoms with Crippen molar-refractivity contribution in [3.63, 3.8) is 0 Å². The minimum atomic E-state index is -0.350. The van der Waals surface area contributed by atoms with Crippen molar-refractivity contribution in [1.29, 1.82) is 0 Å². The lowest BCUT2D eigenvalue weighted by Gasteiger charge is -2.12. The number of H-pyrrole nitrogens is 1. The van der Waals surface area contributed by atoms with Crippen molar-refractivity contribution in [1.82, 2.24) is 20.4 Å². The fourth-order valence-electron chi connectivity index (χ4n) is 1.47. The largest absolute Gasteiger partial charge is 0.489 e. The van der Waals surface area contributed by atoms with E-state index in [4.69, 9.17) is 10.5 Å². The highest BCUT2D eigenvalue weighted by Crippen LogP contribution is 2.20. The molecule has 6 heteroatoms. The molecule has 1 unspecified atom stereocenters. The monoisotopic (exact) mass is 233 g/mol. The zero-order chi connectivity index (χ0) is 12.3. The SMILES string of the molecule is CC(C)Oc1cncc(C(N)c2cn[nH]n2)c1. The van der Waals surface area contributed by atoms with Crippen LogP contribution in [0.2, 0.25) is 0 Å². The molecule has 6 nitrogen and oxygen atoms in total. The number of pyridine rings is 1. The Bertz CT molecular complexity index is 468. The molecule has 0 aliphatic rings. The fraction of sp³-hybridized carbons (Fsp3) is 0.364. The minimum absolute atomic E-state index is 0.107. The van der Waals surface area contributed by atoms with Gasteiger partial charge >= 0.3 is 0 Å². The highest BCUT2D eigenvalue weighted by atomic mass is 16.5. The van der Waals surface area contributed by atoms with Crippen molar-refractivity contribution < 1.29 is 4.74 Å². The summed E-state index contributed by atoms with van der Waals surface area (Å²) in [5.74, 6) is 0.705. The standard InChI is InChI=1S/C11H15N5O/c1-7(2)17-9-3-8(4-13-5-9)11(12)10-6-14-16-15-10/h3-7,11H,12H2,1-2H3,(H,14,15,16). The molecule has 0 bridgehead atoms. The summed E-state index contributed by atoms with van der Waals surface area (Å²) in [5, 5.41) is 10.2. The number of nitrogens with zero attached hydrogens (tertiary/aromatic N) is 3. The first-order valence-electron chi connectivity index (χ1n) is 5.39. The molecule has 0 spiro atoms. The molecule has 17 heavy (non-hydrogen) atoms. The second-order valence-electron chi connectivity index (χ2n) is 3.99. The summed E-state index contributed by atoms with van der Waals surface area (Å²) in [6.45, 7) is 3.93. The van der Waals surface area contributed by atoms with Crippen molar-refractivity contribution >= 4 is 0 Å². The Hall–Kier alpha value is -1.95. The van der Waals surface area contributed by atoms with Crippen LogP contribution >= 0.6 is 0 Å². The third-order valence-corrected chi connectivity index (χ3v) is 2.22. The van der Waals surface area contributed by atoms with Gasteiger partial charge in [-0.3, -0.25) is 4.98 Å². The maximum Gasteiger partial charge on any atom is 0.138 e. The van der Waals surface area contributed by atoms with Crippen molar-refractivity contribution in [3.05, 3.63) is 35.9 Å². The van der Waals surface area contributed by atoms with Crippen molar-refractivity contribution in [2.45, 2.75) is 26.0 Å². The number of nitrogens with one attached hydrogen (secondary N) is 1. The maximum absolute atomic E-state index is 6.04. The van der Waals surface area contributed by atoms with E-state index in [9.17, 15) is 0 Å². The zero-order valence-corrected chi connectivity index (χ0v) is 9.79. The summed E-state index contributed by atoms with van der Waals surface area (Å²) in [6, 6.07) is 1.52. The summed E-state index contributed by atoms with van der Waals surface area (Å²) in [5.41, 5.74) is 7.56. The molecule has 0 radical (unpaired) electrons. The van der Waals surface area contributed by atoms with Gasteiger partial charge in [-0.2, -0.15) is 15.4 Å². The highest BCUT2D eigenvalue weighted by molar-refractivity contribution is 5.29. The van der Waals surface area contributed by atoms with Gasteiger partial charge in [0.05, 0.1) is 24.5 Å².